The predicted molar refractivity (Wildman–Crippen MR) is 98.6 cm³/mol. The number of likely N-dealkylation sites (tertiary alicyclic amines) is 1. The van der Waals surface area contributed by atoms with Crippen LogP contribution in [0, 0.1) is 5.92 Å². The average molecular weight is 349 g/mol. The Morgan fingerprint density at radius 1 is 1.38 bits per heavy atom. The summed E-state index contributed by atoms with van der Waals surface area (Å²) in [6, 6.07) is 0.424. The molecule has 0 bridgehead atoms. The fraction of sp³-hybridized carbons (Fsp3) is 0.706. The first-order valence-electron chi connectivity index (χ1n) is 8.69. The van der Waals surface area contributed by atoms with Gasteiger partial charge in [-0.3, -0.25) is 9.58 Å². The van der Waals surface area contributed by atoms with Gasteiger partial charge in [0.25, 0.3) is 0 Å². The van der Waals surface area contributed by atoms with E-state index in [-0.39, 0.29) is 0 Å². The molecular weight excluding hydrogens is 320 g/mol. The fourth-order valence-corrected chi connectivity index (χ4v) is 4.39. The zero-order valence-electron chi connectivity index (χ0n) is 15.3. The summed E-state index contributed by atoms with van der Waals surface area (Å²) >= 11 is 1.51. The largest absolute Gasteiger partial charge is 0.350 e. The Labute approximate surface area is 148 Å². The summed E-state index contributed by atoms with van der Waals surface area (Å²) in [5, 5.41) is 5.40. The lowest BCUT2D eigenvalue weighted by Gasteiger charge is -2.40. The third kappa shape index (κ3) is 3.62. The highest BCUT2D eigenvalue weighted by molar-refractivity contribution is 7.09. The van der Waals surface area contributed by atoms with Crippen molar-refractivity contribution in [3.05, 3.63) is 23.8 Å². The molecule has 0 aromatic carbocycles. The third-order valence-electron chi connectivity index (χ3n) is 4.86. The van der Waals surface area contributed by atoms with E-state index in [0.717, 1.165) is 24.0 Å². The maximum Gasteiger partial charge on any atom is 0.204 e. The van der Waals surface area contributed by atoms with Crippen LogP contribution in [0.15, 0.2) is 12.4 Å². The lowest BCUT2D eigenvalue weighted by atomic mass is 9.86. The molecule has 3 rings (SSSR count). The summed E-state index contributed by atoms with van der Waals surface area (Å²) in [5.74, 6) is 1.91. The van der Waals surface area contributed by atoms with E-state index in [2.05, 4.69) is 53.4 Å². The molecule has 0 saturated carbocycles. The number of nitrogens with zero attached hydrogens (tertiary/aromatic N) is 6. The molecule has 2 atom stereocenters. The van der Waals surface area contributed by atoms with Gasteiger partial charge in [0.05, 0.1) is 6.20 Å². The van der Waals surface area contributed by atoms with E-state index in [1.165, 1.54) is 29.9 Å². The zero-order valence-corrected chi connectivity index (χ0v) is 16.1. The van der Waals surface area contributed by atoms with E-state index >= 15 is 0 Å². The van der Waals surface area contributed by atoms with Crippen LogP contribution in [0.3, 0.4) is 0 Å². The number of aromatic nitrogens is 4. The first kappa shape index (κ1) is 17.4. The van der Waals surface area contributed by atoms with Gasteiger partial charge in [0.1, 0.15) is 5.82 Å². The van der Waals surface area contributed by atoms with Gasteiger partial charge in [-0.15, -0.1) is 0 Å². The molecule has 1 fully saturated rings. The molecule has 1 aliphatic heterocycles. The van der Waals surface area contributed by atoms with Crippen molar-refractivity contribution in [2.45, 2.75) is 38.6 Å². The van der Waals surface area contributed by atoms with Crippen LogP contribution in [0.25, 0.3) is 0 Å². The molecule has 0 radical (unpaired) electrons. The Hall–Kier alpha value is -1.47. The fourth-order valence-electron chi connectivity index (χ4n) is 3.62. The Morgan fingerprint density at radius 3 is 2.79 bits per heavy atom. The van der Waals surface area contributed by atoms with Gasteiger partial charge in [-0.05, 0) is 32.4 Å². The maximum absolute atomic E-state index is 4.70. The van der Waals surface area contributed by atoms with Crippen LogP contribution in [0.5, 0.6) is 0 Å². The van der Waals surface area contributed by atoms with Gasteiger partial charge in [0.15, 0.2) is 0 Å². The Balaban J connectivity index is 1.75. The first-order chi connectivity index (χ1) is 11.5. The van der Waals surface area contributed by atoms with E-state index in [1.807, 2.05) is 17.9 Å². The van der Waals surface area contributed by atoms with E-state index in [9.17, 15) is 0 Å². The number of anilines is 1. The molecule has 1 saturated heterocycles. The van der Waals surface area contributed by atoms with Crippen LogP contribution < -0.4 is 4.90 Å². The van der Waals surface area contributed by atoms with Crippen LogP contribution in [0.2, 0.25) is 0 Å². The van der Waals surface area contributed by atoms with Crippen molar-refractivity contribution in [2.75, 3.05) is 32.1 Å². The molecule has 2 aromatic heterocycles. The van der Waals surface area contributed by atoms with Crippen molar-refractivity contribution >= 4 is 16.7 Å². The van der Waals surface area contributed by atoms with Gasteiger partial charge in [-0.25, -0.2) is 4.98 Å². The SMILES string of the molecule is CC(C)c1nsc(N(C)C[C@@H]2CCCN(C)[C@H]2c2cnn(C)c2)n1. The molecule has 0 unspecified atom stereocenters. The van der Waals surface area contributed by atoms with Gasteiger partial charge in [-0.2, -0.15) is 9.47 Å². The molecular formula is C17H28N6S. The van der Waals surface area contributed by atoms with E-state index in [0.29, 0.717) is 17.9 Å². The molecule has 2 aromatic rings. The van der Waals surface area contributed by atoms with Crippen LogP contribution in [-0.2, 0) is 7.05 Å². The maximum atomic E-state index is 4.70. The minimum absolute atomic E-state index is 0.382. The molecule has 3 heterocycles. The molecule has 1 aliphatic rings. The molecule has 132 valence electrons. The standard InChI is InChI=1S/C17H28N6S/c1-12(2)16-19-17(24-20-16)22(4)10-13-7-6-8-21(3)15(13)14-9-18-23(5)11-14/h9,11-13,15H,6-8,10H2,1-5H3/t13-,15+/m0/s1. The minimum atomic E-state index is 0.382. The van der Waals surface area contributed by atoms with Crippen molar-refractivity contribution in [3.8, 4) is 0 Å². The van der Waals surface area contributed by atoms with Crippen LogP contribution in [0.4, 0.5) is 5.13 Å². The van der Waals surface area contributed by atoms with Gasteiger partial charge in [0.2, 0.25) is 5.13 Å². The van der Waals surface area contributed by atoms with Gasteiger partial charge in [0, 0.05) is 55.9 Å². The summed E-state index contributed by atoms with van der Waals surface area (Å²) < 4.78 is 6.39. The smallest absolute Gasteiger partial charge is 0.204 e. The summed E-state index contributed by atoms with van der Waals surface area (Å²) in [4.78, 5) is 9.44. The van der Waals surface area contributed by atoms with Crippen LogP contribution in [-0.4, -0.2) is 51.2 Å². The van der Waals surface area contributed by atoms with Crippen molar-refractivity contribution in [1.82, 2.24) is 24.0 Å². The molecule has 7 heteroatoms. The molecule has 6 nitrogen and oxygen atoms in total. The topological polar surface area (TPSA) is 50.1 Å². The van der Waals surface area contributed by atoms with E-state index in [4.69, 9.17) is 4.98 Å². The predicted octanol–water partition coefficient (Wildman–Crippen LogP) is 2.91. The highest BCUT2D eigenvalue weighted by atomic mass is 32.1. The zero-order chi connectivity index (χ0) is 17.3. The summed E-state index contributed by atoms with van der Waals surface area (Å²) in [6.07, 6.45) is 6.66. The van der Waals surface area contributed by atoms with Crippen molar-refractivity contribution in [1.29, 1.82) is 0 Å². The quantitative estimate of drug-likeness (QED) is 0.831. The van der Waals surface area contributed by atoms with Crippen molar-refractivity contribution < 1.29 is 0 Å². The Kier molecular flexibility index (Phi) is 5.20. The normalized spacial score (nSPS) is 22.2. The number of piperidine rings is 1. The lowest BCUT2D eigenvalue weighted by molar-refractivity contribution is 0.124. The molecule has 0 spiro atoms. The highest BCUT2D eigenvalue weighted by Crippen LogP contribution is 2.36. The molecule has 0 aliphatic carbocycles. The van der Waals surface area contributed by atoms with Gasteiger partial charge in [-0.1, -0.05) is 13.8 Å². The molecule has 0 N–H and O–H groups in total. The lowest BCUT2D eigenvalue weighted by Crippen LogP contribution is -2.41. The van der Waals surface area contributed by atoms with Crippen LogP contribution >= 0.6 is 11.5 Å². The van der Waals surface area contributed by atoms with Crippen LogP contribution in [0.1, 0.15) is 50.0 Å². The van der Waals surface area contributed by atoms with Crippen molar-refractivity contribution in [2.24, 2.45) is 13.0 Å². The average Bonchev–Trinajstić information content (AvgIpc) is 3.16. The number of rotatable bonds is 5. The number of aryl methyl sites for hydroxylation is 1. The van der Waals surface area contributed by atoms with Crippen molar-refractivity contribution in [3.63, 3.8) is 0 Å². The second-order valence-corrected chi connectivity index (χ2v) is 7.98. The molecule has 24 heavy (non-hydrogen) atoms. The first-order valence-corrected chi connectivity index (χ1v) is 9.46. The van der Waals surface area contributed by atoms with Gasteiger partial charge < -0.3 is 4.90 Å². The number of hydrogen-bond acceptors (Lipinski definition) is 6. The van der Waals surface area contributed by atoms with E-state index < -0.39 is 0 Å². The summed E-state index contributed by atoms with van der Waals surface area (Å²) in [5.41, 5.74) is 1.32. The molecule has 0 amide bonds. The van der Waals surface area contributed by atoms with E-state index in [1.54, 1.807) is 0 Å². The summed E-state index contributed by atoms with van der Waals surface area (Å²) in [7, 11) is 6.35. The Bertz CT molecular complexity index is 664. The minimum Gasteiger partial charge on any atom is -0.350 e. The Morgan fingerprint density at radius 2 is 2.17 bits per heavy atom. The number of hydrogen-bond donors (Lipinski definition) is 0. The monoisotopic (exact) mass is 348 g/mol. The summed E-state index contributed by atoms with van der Waals surface area (Å²) in [6.45, 7) is 6.42. The third-order valence-corrected chi connectivity index (χ3v) is 5.70. The second-order valence-electron chi connectivity index (χ2n) is 7.25. The van der Waals surface area contributed by atoms with Gasteiger partial charge >= 0.3 is 0 Å². The second kappa shape index (κ2) is 7.19. The highest BCUT2D eigenvalue weighted by Gasteiger charge is 2.32.